The molecule has 2 heteroatoms. The first-order chi connectivity index (χ1) is 5.67. The third-order valence-electron chi connectivity index (χ3n) is 2.25. The summed E-state index contributed by atoms with van der Waals surface area (Å²) < 4.78 is 0. The fourth-order valence-corrected chi connectivity index (χ4v) is 1.51. The smallest absolute Gasteiger partial charge is 0.0244 e. The Kier molecular flexibility index (Phi) is 6.03. The van der Waals surface area contributed by atoms with E-state index in [-0.39, 0.29) is 0 Å². The third kappa shape index (κ3) is 3.37. The van der Waals surface area contributed by atoms with Crippen molar-refractivity contribution in [2.75, 3.05) is 19.6 Å². The Morgan fingerprint density at radius 1 is 1.50 bits per heavy atom. The minimum Gasteiger partial charge on any atom is -0.329 e. The van der Waals surface area contributed by atoms with Gasteiger partial charge >= 0.3 is 0 Å². The van der Waals surface area contributed by atoms with Gasteiger partial charge in [-0.05, 0) is 12.5 Å². The van der Waals surface area contributed by atoms with Gasteiger partial charge in [0.05, 0.1) is 0 Å². The summed E-state index contributed by atoms with van der Waals surface area (Å²) in [4.78, 5) is 2.36. The van der Waals surface area contributed by atoms with Gasteiger partial charge in [0.1, 0.15) is 0 Å². The molecule has 0 saturated heterocycles. The second-order valence-corrected chi connectivity index (χ2v) is 3.42. The minimum absolute atomic E-state index is 0.494. The molecule has 12 heavy (non-hydrogen) atoms. The van der Waals surface area contributed by atoms with Crippen LogP contribution < -0.4 is 5.73 Å². The molecule has 0 radical (unpaired) electrons. The Labute approximate surface area is 76.4 Å². The largest absolute Gasteiger partial charge is 0.329 e. The van der Waals surface area contributed by atoms with E-state index in [1.807, 2.05) is 6.08 Å². The molecule has 0 amide bonds. The van der Waals surface area contributed by atoms with E-state index in [4.69, 9.17) is 5.73 Å². The molecule has 2 N–H and O–H groups in total. The van der Waals surface area contributed by atoms with Crippen molar-refractivity contribution in [1.82, 2.24) is 4.90 Å². The van der Waals surface area contributed by atoms with E-state index in [1.165, 1.54) is 0 Å². The predicted octanol–water partition coefficient (Wildman–Crippen LogP) is 1.48. The van der Waals surface area contributed by atoms with Gasteiger partial charge in [-0.25, -0.2) is 0 Å². The van der Waals surface area contributed by atoms with Crippen molar-refractivity contribution in [3.8, 4) is 0 Å². The van der Waals surface area contributed by atoms with Crippen molar-refractivity contribution in [3.63, 3.8) is 0 Å². The highest BCUT2D eigenvalue weighted by Gasteiger charge is 2.17. The second kappa shape index (κ2) is 6.21. The number of rotatable bonds is 6. The van der Waals surface area contributed by atoms with Crippen LogP contribution in [0.5, 0.6) is 0 Å². The number of nitrogens with two attached hydrogens (primary N) is 1. The molecule has 0 bridgehead atoms. The molecule has 1 unspecified atom stereocenters. The van der Waals surface area contributed by atoms with Crippen LogP contribution in [-0.4, -0.2) is 30.6 Å². The highest BCUT2D eigenvalue weighted by atomic mass is 15.2. The average Bonchev–Trinajstić information content (AvgIpc) is 2.03. The van der Waals surface area contributed by atoms with Crippen molar-refractivity contribution in [2.24, 2.45) is 11.7 Å². The molecule has 0 saturated carbocycles. The van der Waals surface area contributed by atoms with E-state index >= 15 is 0 Å². The van der Waals surface area contributed by atoms with E-state index in [1.54, 1.807) is 0 Å². The average molecular weight is 170 g/mol. The molecule has 0 spiro atoms. The molecule has 0 aromatic heterocycles. The normalized spacial score (nSPS) is 13.8. The standard InChI is InChI=1S/C10H22N2/c1-5-7-12(6-2)10(8-11)9(3)4/h5,9-10H,1,6-8,11H2,2-4H3. The third-order valence-corrected chi connectivity index (χ3v) is 2.25. The van der Waals surface area contributed by atoms with Gasteiger partial charge in [-0.15, -0.1) is 6.58 Å². The summed E-state index contributed by atoms with van der Waals surface area (Å²) in [6, 6.07) is 0.494. The van der Waals surface area contributed by atoms with Crippen LogP contribution in [0.3, 0.4) is 0 Å². The van der Waals surface area contributed by atoms with Crippen LogP contribution in [0.4, 0.5) is 0 Å². The quantitative estimate of drug-likeness (QED) is 0.612. The summed E-state index contributed by atoms with van der Waals surface area (Å²) in [6.07, 6.45) is 1.94. The van der Waals surface area contributed by atoms with E-state index < -0.39 is 0 Å². The summed E-state index contributed by atoms with van der Waals surface area (Å²) in [5, 5.41) is 0. The summed E-state index contributed by atoms with van der Waals surface area (Å²) in [5.74, 6) is 0.620. The van der Waals surface area contributed by atoms with E-state index in [0.717, 1.165) is 19.6 Å². The Morgan fingerprint density at radius 2 is 2.08 bits per heavy atom. The number of nitrogens with zero attached hydrogens (tertiary/aromatic N) is 1. The van der Waals surface area contributed by atoms with Gasteiger partial charge in [-0.2, -0.15) is 0 Å². The first kappa shape index (κ1) is 11.7. The molecule has 72 valence electrons. The number of likely N-dealkylation sites (N-methyl/N-ethyl adjacent to an activating group) is 1. The minimum atomic E-state index is 0.494. The maximum atomic E-state index is 5.70. The molecule has 0 aliphatic heterocycles. The first-order valence-corrected chi connectivity index (χ1v) is 4.72. The lowest BCUT2D eigenvalue weighted by molar-refractivity contribution is 0.186. The van der Waals surface area contributed by atoms with Crippen molar-refractivity contribution in [3.05, 3.63) is 12.7 Å². The van der Waals surface area contributed by atoms with Gasteiger partial charge in [-0.3, -0.25) is 4.90 Å². The lowest BCUT2D eigenvalue weighted by atomic mass is 10.0. The highest BCUT2D eigenvalue weighted by Crippen LogP contribution is 2.08. The van der Waals surface area contributed by atoms with Crippen molar-refractivity contribution >= 4 is 0 Å². The Hall–Kier alpha value is -0.340. The molecule has 0 aromatic rings. The SMILES string of the molecule is C=CCN(CC)C(CN)C(C)C. The van der Waals surface area contributed by atoms with Crippen LogP contribution in [0.25, 0.3) is 0 Å². The van der Waals surface area contributed by atoms with Crippen molar-refractivity contribution in [1.29, 1.82) is 0 Å². The summed E-state index contributed by atoms with van der Waals surface area (Å²) >= 11 is 0. The molecule has 1 atom stereocenters. The van der Waals surface area contributed by atoms with Crippen LogP contribution in [0.15, 0.2) is 12.7 Å². The number of hydrogen-bond donors (Lipinski definition) is 1. The van der Waals surface area contributed by atoms with Crippen LogP contribution in [-0.2, 0) is 0 Å². The van der Waals surface area contributed by atoms with Gasteiger partial charge < -0.3 is 5.73 Å². The van der Waals surface area contributed by atoms with Crippen LogP contribution >= 0.6 is 0 Å². The monoisotopic (exact) mass is 170 g/mol. The summed E-state index contributed by atoms with van der Waals surface area (Å²) in [5.41, 5.74) is 5.70. The van der Waals surface area contributed by atoms with Crippen LogP contribution in [0.1, 0.15) is 20.8 Å². The summed E-state index contributed by atoms with van der Waals surface area (Å²) in [6.45, 7) is 13.1. The second-order valence-electron chi connectivity index (χ2n) is 3.42. The Morgan fingerprint density at radius 3 is 2.33 bits per heavy atom. The van der Waals surface area contributed by atoms with Crippen molar-refractivity contribution in [2.45, 2.75) is 26.8 Å². The molecule has 0 aliphatic rings. The molecule has 2 nitrogen and oxygen atoms in total. The van der Waals surface area contributed by atoms with E-state index in [0.29, 0.717) is 12.0 Å². The first-order valence-electron chi connectivity index (χ1n) is 4.72. The van der Waals surface area contributed by atoms with Gasteiger partial charge in [0.2, 0.25) is 0 Å². The van der Waals surface area contributed by atoms with Crippen LogP contribution in [0.2, 0.25) is 0 Å². The van der Waals surface area contributed by atoms with Gasteiger partial charge in [0.15, 0.2) is 0 Å². The molecule has 0 fully saturated rings. The van der Waals surface area contributed by atoms with Crippen LogP contribution in [0, 0.1) is 5.92 Å². The number of hydrogen-bond acceptors (Lipinski definition) is 2. The zero-order valence-corrected chi connectivity index (χ0v) is 8.59. The van der Waals surface area contributed by atoms with E-state index in [2.05, 4.69) is 32.3 Å². The molecule has 0 aromatic carbocycles. The lowest BCUT2D eigenvalue weighted by Crippen LogP contribution is -2.44. The van der Waals surface area contributed by atoms with Gasteiger partial charge in [0, 0.05) is 19.1 Å². The van der Waals surface area contributed by atoms with Gasteiger partial charge in [-0.1, -0.05) is 26.8 Å². The Balaban J connectivity index is 4.11. The summed E-state index contributed by atoms with van der Waals surface area (Å²) in [7, 11) is 0. The molecule has 0 heterocycles. The predicted molar refractivity (Wildman–Crippen MR) is 55.1 cm³/mol. The molecule has 0 rings (SSSR count). The van der Waals surface area contributed by atoms with Gasteiger partial charge in [0.25, 0.3) is 0 Å². The van der Waals surface area contributed by atoms with E-state index in [9.17, 15) is 0 Å². The molecular weight excluding hydrogens is 148 g/mol. The fourth-order valence-electron chi connectivity index (χ4n) is 1.51. The molecular formula is C10H22N2. The topological polar surface area (TPSA) is 29.3 Å². The fraction of sp³-hybridized carbons (Fsp3) is 0.800. The zero-order valence-electron chi connectivity index (χ0n) is 8.59. The lowest BCUT2D eigenvalue weighted by Gasteiger charge is -2.31. The maximum absolute atomic E-state index is 5.70. The zero-order chi connectivity index (χ0) is 9.56. The maximum Gasteiger partial charge on any atom is 0.0244 e. The van der Waals surface area contributed by atoms with Crippen molar-refractivity contribution < 1.29 is 0 Å². The molecule has 0 aliphatic carbocycles. The highest BCUT2D eigenvalue weighted by molar-refractivity contribution is 4.81. The Bertz CT molecular complexity index is 121.